The van der Waals surface area contributed by atoms with E-state index in [9.17, 15) is 9.18 Å². The lowest BCUT2D eigenvalue weighted by molar-refractivity contribution is -0.149. The van der Waals surface area contributed by atoms with Crippen molar-refractivity contribution in [2.24, 2.45) is 5.92 Å². The summed E-state index contributed by atoms with van der Waals surface area (Å²) in [6.07, 6.45) is -0.800. The Kier molecular flexibility index (Phi) is 5.13. The fourth-order valence-corrected chi connectivity index (χ4v) is 1.70. The molecule has 0 amide bonds. The van der Waals surface area contributed by atoms with Gasteiger partial charge >= 0.3 is 5.97 Å². The van der Waals surface area contributed by atoms with E-state index in [1.807, 2.05) is 6.07 Å². The Morgan fingerprint density at radius 2 is 2.12 bits per heavy atom. The number of benzene rings is 1. The Bertz CT molecular complexity index is 374. The Morgan fingerprint density at radius 1 is 1.41 bits per heavy atom. The van der Waals surface area contributed by atoms with E-state index < -0.39 is 12.1 Å². The second kappa shape index (κ2) is 6.38. The maximum absolute atomic E-state index is 13.8. The smallest absolute Gasteiger partial charge is 0.345 e. The molecule has 0 spiro atoms. The molecule has 1 aromatic carbocycles. The zero-order valence-electron chi connectivity index (χ0n) is 10.6. The predicted octanol–water partition coefficient (Wildman–Crippen LogP) is 3.46. The molecule has 0 saturated heterocycles. The fraction of sp³-hybridized carbons (Fsp3) is 0.500. The number of alkyl halides is 1. The summed E-state index contributed by atoms with van der Waals surface area (Å²) in [6, 6.07) is 7.08. The molecule has 94 valence electrons. The summed E-state index contributed by atoms with van der Waals surface area (Å²) >= 11 is 0. The summed E-state index contributed by atoms with van der Waals surface area (Å²) in [5.74, 6) is -0.305. The van der Waals surface area contributed by atoms with E-state index in [1.54, 1.807) is 25.1 Å². The van der Waals surface area contributed by atoms with Gasteiger partial charge in [0.15, 0.2) is 0 Å². The predicted molar refractivity (Wildman–Crippen MR) is 65.5 cm³/mol. The highest BCUT2D eigenvalue weighted by molar-refractivity contribution is 5.76. The molecule has 0 heterocycles. The molecule has 0 aliphatic heterocycles. The fourth-order valence-electron chi connectivity index (χ4n) is 1.70. The minimum Gasteiger partial charge on any atom is -0.464 e. The zero-order valence-corrected chi connectivity index (χ0v) is 10.6. The van der Waals surface area contributed by atoms with Crippen LogP contribution in [0.2, 0.25) is 0 Å². The number of rotatable bonds is 5. The summed E-state index contributed by atoms with van der Waals surface area (Å²) in [7, 11) is 0. The monoisotopic (exact) mass is 238 g/mol. The van der Waals surface area contributed by atoms with E-state index in [1.165, 1.54) is 0 Å². The van der Waals surface area contributed by atoms with Crippen LogP contribution in [0.4, 0.5) is 4.39 Å². The molecule has 0 aromatic heterocycles. The number of esters is 1. The van der Waals surface area contributed by atoms with Crippen molar-refractivity contribution in [1.82, 2.24) is 0 Å². The third-order valence-electron chi connectivity index (χ3n) is 2.38. The largest absolute Gasteiger partial charge is 0.464 e. The van der Waals surface area contributed by atoms with E-state index in [-0.39, 0.29) is 6.61 Å². The lowest BCUT2D eigenvalue weighted by atomic mass is 9.99. The maximum atomic E-state index is 13.8. The van der Waals surface area contributed by atoms with Gasteiger partial charge < -0.3 is 4.74 Å². The first-order chi connectivity index (χ1) is 8.04. The number of carbonyl (C=O) groups excluding carboxylic acids is 1. The zero-order chi connectivity index (χ0) is 12.8. The minimum atomic E-state index is -1.68. The average molecular weight is 238 g/mol. The van der Waals surface area contributed by atoms with Gasteiger partial charge in [-0.05, 0) is 30.4 Å². The van der Waals surface area contributed by atoms with E-state index in [0.717, 1.165) is 12.0 Å². The van der Waals surface area contributed by atoms with Crippen LogP contribution in [0, 0.1) is 5.92 Å². The van der Waals surface area contributed by atoms with Crippen LogP contribution in [0.25, 0.3) is 0 Å². The Labute approximate surface area is 102 Å². The molecule has 1 atom stereocenters. The van der Waals surface area contributed by atoms with Gasteiger partial charge in [-0.3, -0.25) is 0 Å². The number of hydrogen-bond acceptors (Lipinski definition) is 2. The van der Waals surface area contributed by atoms with Crippen LogP contribution in [0.15, 0.2) is 24.3 Å². The van der Waals surface area contributed by atoms with Crippen molar-refractivity contribution >= 4 is 5.97 Å². The standard InChI is InChI=1S/C14H19FO2/c1-4-17-14(16)13(15)12-7-5-6-11(9-12)8-10(2)3/h5-7,9-10,13H,4,8H2,1-3H3. The molecule has 3 heteroatoms. The molecule has 0 fully saturated rings. The highest BCUT2D eigenvalue weighted by atomic mass is 19.1. The van der Waals surface area contributed by atoms with Crippen molar-refractivity contribution in [3.05, 3.63) is 35.4 Å². The van der Waals surface area contributed by atoms with Gasteiger partial charge in [0.2, 0.25) is 6.17 Å². The molecule has 0 bridgehead atoms. The van der Waals surface area contributed by atoms with Crippen molar-refractivity contribution < 1.29 is 13.9 Å². The lowest BCUT2D eigenvalue weighted by Gasteiger charge is -2.10. The first-order valence-electron chi connectivity index (χ1n) is 5.94. The summed E-state index contributed by atoms with van der Waals surface area (Å²) < 4.78 is 18.4. The third kappa shape index (κ3) is 4.17. The van der Waals surface area contributed by atoms with Crippen molar-refractivity contribution in [2.75, 3.05) is 6.61 Å². The van der Waals surface area contributed by atoms with Gasteiger partial charge in [0.1, 0.15) is 0 Å². The summed E-state index contributed by atoms with van der Waals surface area (Å²) in [4.78, 5) is 11.3. The van der Waals surface area contributed by atoms with E-state index in [0.29, 0.717) is 11.5 Å². The quantitative estimate of drug-likeness (QED) is 0.734. The van der Waals surface area contributed by atoms with E-state index in [2.05, 4.69) is 18.6 Å². The molecule has 17 heavy (non-hydrogen) atoms. The van der Waals surface area contributed by atoms with Crippen molar-refractivity contribution in [1.29, 1.82) is 0 Å². The Morgan fingerprint density at radius 3 is 2.71 bits per heavy atom. The first kappa shape index (κ1) is 13.7. The summed E-state index contributed by atoms with van der Waals surface area (Å²) in [5.41, 5.74) is 1.42. The average Bonchev–Trinajstić information content (AvgIpc) is 2.28. The molecule has 0 saturated carbocycles. The normalized spacial score (nSPS) is 12.5. The number of halogens is 1. The van der Waals surface area contributed by atoms with Gasteiger partial charge in [-0.15, -0.1) is 0 Å². The minimum absolute atomic E-state index is 0.199. The maximum Gasteiger partial charge on any atom is 0.345 e. The Balaban J connectivity index is 2.80. The molecule has 1 rings (SSSR count). The first-order valence-corrected chi connectivity index (χ1v) is 5.94. The van der Waals surface area contributed by atoms with Gasteiger partial charge in [0.05, 0.1) is 6.61 Å². The van der Waals surface area contributed by atoms with Crippen LogP contribution in [0.1, 0.15) is 38.1 Å². The summed E-state index contributed by atoms with van der Waals surface area (Å²) in [5, 5.41) is 0. The van der Waals surface area contributed by atoms with Crippen LogP contribution in [-0.4, -0.2) is 12.6 Å². The molecular formula is C14H19FO2. The molecule has 2 nitrogen and oxygen atoms in total. The molecule has 1 unspecified atom stereocenters. The number of hydrogen-bond donors (Lipinski definition) is 0. The van der Waals surface area contributed by atoms with Gasteiger partial charge in [-0.25, -0.2) is 9.18 Å². The van der Waals surface area contributed by atoms with Crippen LogP contribution < -0.4 is 0 Å². The molecule has 0 radical (unpaired) electrons. The van der Waals surface area contributed by atoms with Crippen LogP contribution in [-0.2, 0) is 16.0 Å². The summed E-state index contributed by atoms with van der Waals surface area (Å²) in [6.45, 7) is 6.07. The second-order valence-electron chi connectivity index (χ2n) is 4.46. The van der Waals surface area contributed by atoms with E-state index >= 15 is 0 Å². The SMILES string of the molecule is CCOC(=O)C(F)c1cccc(CC(C)C)c1. The molecular weight excluding hydrogens is 219 g/mol. The number of ether oxygens (including phenoxy) is 1. The molecule has 0 N–H and O–H groups in total. The topological polar surface area (TPSA) is 26.3 Å². The highest BCUT2D eigenvalue weighted by Crippen LogP contribution is 2.21. The van der Waals surface area contributed by atoms with Crippen molar-refractivity contribution in [3.8, 4) is 0 Å². The van der Waals surface area contributed by atoms with Crippen molar-refractivity contribution in [3.63, 3.8) is 0 Å². The lowest BCUT2D eigenvalue weighted by Crippen LogP contribution is -2.12. The Hall–Kier alpha value is -1.38. The van der Waals surface area contributed by atoms with Crippen LogP contribution >= 0.6 is 0 Å². The molecule has 1 aromatic rings. The number of carbonyl (C=O) groups is 1. The molecule has 0 aliphatic carbocycles. The van der Waals surface area contributed by atoms with Gasteiger partial charge in [0, 0.05) is 0 Å². The third-order valence-corrected chi connectivity index (χ3v) is 2.38. The van der Waals surface area contributed by atoms with Crippen LogP contribution in [0.3, 0.4) is 0 Å². The molecule has 0 aliphatic rings. The van der Waals surface area contributed by atoms with E-state index in [4.69, 9.17) is 0 Å². The van der Waals surface area contributed by atoms with Gasteiger partial charge in [-0.1, -0.05) is 38.1 Å². The van der Waals surface area contributed by atoms with Gasteiger partial charge in [-0.2, -0.15) is 0 Å². The van der Waals surface area contributed by atoms with Gasteiger partial charge in [0.25, 0.3) is 0 Å². The highest BCUT2D eigenvalue weighted by Gasteiger charge is 2.20. The second-order valence-corrected chi connectivity index (χ2v) is 4.46. The van der Waals surface area contributed by atoms with Crippen molar-refractivity contribution in [2.45, 2.75) is 33.4 Å². The van der Waals surface area contributed by atoms with Crippen LogP contribution in [0.5, 0.6) is 0 Å².